The first-order chi connectivity index (χ1) is 7.60. The second kappa shape index (κ2) is 5.47. The summed E-state index contributed by atoms with van der Waals surface area (Å²) in [6, 6.07) is 0. The highest BCUT2D eigenvalue weighted by atomic mass is 35.5. The molecule has 1 rings (SSSR count). The first kappa shape index (κ1) is 12.5. The molecule has 0 saturated carbocycles. The number of aromatic nitrogens is 2. The highest BCUT2D eigenvalue weighted by Gasteiger charge is 2.12. The number of hydrogen-bond donors (Lipinski definition) is 4. The van der Waals surface area contributed by atoms with Crippen molar-refractivity contribution < 1.29 is 5.11 Å². The topological polar surface area (TPSA) is 122 Å². The van der Waals surface area contributed by atoms with Gasteiger partial charge in [0.05, 0.1) is 0 Å². The molecule has 0 saturated heterocycles. The molecule has 0 unspecified atom stereocenters. The van der Waals surface area contributed by atoms with Crippen LogP contribution in [-0.2, 0) is 0 Å². The van der Waals surface area contributed by atoms with Crippen LogP contribution < -0.4 is 16.8 Å². The molecule has 0 aliphatic rings. The van der Waals surface area contributed by atoms with Crippen LogP contribution in [0, 0.1) is 0 Å². The minimum atomic E-state index is -0.314. The van der Waals surface area contributed by atoms with Gasteiger partial charge in [-0.05, 0) is 6.92 Å². The van der Waals surface area contributed by atoms with Crippen LogP contribution in [0.4, 0.5) is 11.6 Å². The number of anilines is 2. The SMILES string of the molecule is CCN=C(N)c1nc(Cl)c(NCO)nc1N. The number of nitrogens with one attached hydrogen (secondary N) is 1. The Kier molecular flexibility index (Phi) is 4.27. The minimum absolute atomic E-state index is 0.0764. The number of rotatable bonds is 4. The van der Waals surface area contributed by atoms with E-state index >= 15 is 0 Å². The van der Waals surface area contributed by atoms with Crippen molar-refractivity contribution in [1.29, 1.82) is 0 Å². The van der Waals surface area contributed by atoms with E-state index in [2.05, 4.69) is 20.3 Å². The van der Waals surface area contributed by atoms with Gasteiger partial charge >= 0.3 is 0 Å². The van der Waals surface area contributed by atoms with Gasteiger partial charge in [-0.15, -0.1) is 0 Å². The predicted molar refractivity (Wildman–Crippen MR) is 63.4 cm³/mol. The molecule has 0 fully saturated rings. The maximum atomic E-state index is 8.67. The zero-order valence-corrected chi connectivity index (χ0v) is 9.49. The molecule has 0 spiro atoms. The number of amidine groups is 1. The molecule has 0 amide bonds. The zero-order chi connectivity index (χ0) is 12.1. The quantitative estimate of drug-likeness (QED) is 0.330. The lowest BCUT2D eigenvalue weighted by atomic mass is 10.3. The van der Waals surface area contributed by atoms with Gasteiger partial charge in [-0.1, -0.05) is 11.6 Å². The summed E-state index contributed by atoms with van der Waals surface area (Å²) in [4.78, 5) is 11.8. The lowest BCUT2D eigenvalue weighted by Gasteiger charge is -2.08. The van der Waals surface area contributed by atoms with Crippen LogP contribution in [0.5, 0.6) is 0 Å². The molecule has 6 N–H and O–H groups in total. The number of hydrogen-bond acceptors (Lipinski definition) is 6. The van der Waals surface area contributed by atoms with Gasteiger partial charge in [-0.3, -0.25) is 4.99 Å². The first-order valence-corrected chi connectivity index (χ1v) is 4.96. The van der Waals surface area contributed by atoms with Crippen molar-refractivity contribution in [2.75, 3.05) is 24.3 Å². The van der Waals surface area contributed by atoms with Crippen molar-refractivity contribution in [3.63, 3.8) is 0 Å². The Morgan fingerprint density at radius 1 is 1.56 bits per heavy atom. The van der Waals surface area contributed by atoms with Gasteiger partial charge in [0.25, 0.3) is 0 Å². The van der Waals surface area contributed by atoms with Crippen molar-refractivity contribution in [3.05, 3.63) is 10.8 Å². The maximum absolute atomic E-state index is 8.67. The third-order valence-corrected chi connectivity index (χ3v) is 1.96. The molecule has 0 radical (unpaired) electrons. The van der Waals surface area contributed by atoms with Gasteiger partial charge in [0.1, 0.15) is 18.3 Å². The Morgan fingerprint density at radius 2 is 2.25 bits per heavy atom. The molecule has 1 aromatic rings. The van der Waals surface area contributed by atoms with Crippen molar-refractivity contribution in [1.82, 2.24) is 9.97 Å². The Labute approximate surface area is 97.6 Å². The summed E-state index contributed by atoms with van der Waals surface area (Å²) in [5.74, 6) is 0.495. The number of nitrogens with zero attached hydrogens (tertiary/aromatic N) is 3. The van der Waals surface area contributed by atoms with E-state index < -0.39 is 0 Å². The average Bonchev–Trinajstić information content (AvgIpc) is 2.23. The van der Waals surface area contributed by atoms with Gasteiger partial charge in [0, 0.05) is 6.54 Å². The van der Waals surface area contributed by atoms with E-state index in [0.717, 1.165) is 0 Å². The number of nitrogen functional groups attached to an aromatic ring is 1. The minimum Gasteiger partial charge on any atom is -0.382 e. The fraction of sp³-hybridized carbons (Fsp3) is 0.375. The second-order valence-corrected chi connectivity index (χ2v) is 3.15. The van der Waals surface area contributed by atoms with Crippen LogP contribution in [0.15, 0.2) is 4.99 Å². The third kappa shape index (κ3) is 2.71. The molecule has 8 heteroatoms. The van der Waals surface area contributed by atoms with Crippen molar-refractivity contribution in [3.8, 4) is 0 Å². The standard InChI is InChI=1S/C8H13ClN6O/c1-2-12-6(10)4-7(11)15-8(13-3-16)5(9)14-4/h16H,2-3H2,1H3,(H2,10,12)(H3,11,13,15). The van der Waals surface area contributed by atoms with E-state index in [-0.39, 0.29) is 35.0 Å². The molecule has 0 aromatic carbocycles. The van der Waals surface area contributed by atoms with E-state index in [4.69, 9.17) is 28.2 Å². The molecule has 1 heterocycles. The molecule has 7 nitrogen and oxygen atoms in total. The molecular formula is C8H13ClN6O. The van der Waals surface area contributed by atoms with Crippen LogP contribution in [-0.4, -0.2) is 34.2 Å². The van der Waals surface area contributed by atoms with Crippen LogP contribution in [0.25, 0.3) is 0 Å². The molecule has 0 aliphatic carbocycles. The first-order valence-electron chi connectivity index (χ1n) is 4.58. The summed E-state index contributed by atoms with van der Waals surface area (Å²) >= 11 is 5.81. The Balaban J connectivity index is 3.15. The molecule has 0 atom stereocenters. The summed E-state index contributed by atoms with van der Waals surface area (Å²) in [6.07, 6.45) is 0. The Hall–Kier alpha value is -1.60. The lowest BCUT2D eigenvalue weighted by Crippen LogP contribution is -2.20. The van der Waals surface area contributed by atoms with Crippen LogP contribution in [0.3, 0.4) is 0 Å². The number of halogens is 1. The number of nitrogens with two attached hydrogens (primary N) is 2. The molecular weight excluding hydrogens is 232 g/mol. The summed E-state index contributed by atoms with van der Waals surface area (Å²) in [5, 5.41) is 11.3. The van der Waals surface area contributed by atoms with Gasteiger partial charge in [-0.25, -0.2) is 9.97 Å². The average molecular weight is 245 g/mol. The smallest absolute Gasteiger partial charge is 0.172 e. The van der Waals surface area contributed by atoms with Gasteiger partial charge < -0.3 is 21.9 Å². The number of aliphatic imine (C=N–C) groups is 1. The van der Waals surface area contributed by atoms with Crippen LogP contribution >= 0.6 is 11.6 Å². The summed E-state index contributed by atoms with van der Waals surface area (Å²) in [5.41, 5.74) is 11.5. The number of aliphatic hydroxyl groups excluding tert-OH is 1. The summed E-state index contributed by atoms with van der Waals surface area (Å²) in [7, 11) is 0. The molecule has 0 aliphatic heterocycles. The maximum Gasteiger partial charge on any atom is 0.172 e. The van der Waals surface area contributed by atoms with Gasteiger partial charge in [-0.2, -0.15) is 0 Å². The molecule has 0 bridgehead atoms. The van der Waals surface area contributed by atoms with Crippen LogP contribution in [0.2, 0.25) is 5.15 Å². The largest absolute Gasteiger partial charge is 0.382 e. The van der Waals surface area contributed by atoms with E-state index in [9.17, 15) is 0 Å². The van der Waals surface area contributed by atoms with Crippen molar-refractivity contribution in [2.24, 2.45) is 10.7 Å². The van der Waals surface area contributed by atoms with Crippen molar-refractivity contribution >= 4 is 29.1 Å². The predicted octanol–water partition coefficient (Wildman–Crippen LogP) is -0.201. The van der Waals surface area contributed by atoms with E-state index in [1.54, 1.807) is 0 Å². The lowest BCUT2D eigenvalue weighted by molar-refractivity contribution is 0.325. The fourth-order valence-electron chi connectivity index (χ4n) is 1.05. The zero-order valence-electron chi connectivity index (χ0n) is 8.74. The van der Waals surface area contributed by atoms with Crippen molar-refractivity contribution in [2.45, 2.75) is 6.92 Å². The Bertz CT molecular complexity index is 408. The summed E-state index contributed by atoms with van der Waals surface area (Å²) < 4.78 is 0. The van der Waals surface area contributed by atoms with Gasteiger partial charge in [0.15, 0.2) is 16.8 Å². The fourth-order valence-corrected chi connectivity index (χ4v) is 1.24. The van der Waals surface area contributed by atoms with Crippen LogP contribution in [0.1, 0.15) is 12.6 Å². The normalized spacial score (nSPS) is 11.6. The highest BCUT2D eigenvalue weighted by molar-refractivity contribution is 6.32. The Morgan fingerprint density at radius 3 is 2.81 bits per heavy atom. The van der Waals surface area contributed by atoms with E-state index in [0.29, 0.717) is 6.54 Å². The van der Waals surface area contributed by atoms with E-state index in [1.165, 1.54) is 0 Å². The summed E-state index contributed by atoms with van der Waals surface area (Å²) in [6.45, 7) is 2.03. The van der Waals surface area contributed by atoms with E-state index in [1.807, 2.05) is 6.92 Å². The number of aliphatic hydroxyl groups is 1. The monoisotopic (exact) mass is 244 g/mol. The third-order valence-electron chi connectivity index (χ3n) is 1.70. The molecule has 88 valence electrons. The second-order valence-electron chi connectivity index (χ2n) is 2.79. The molecule has 16 heavy (non-hydrogen) atoms. The van der Waals surface area contributed by atoms with Gasteiger partial charge in [0.2, 0.25) is 0 Å². The molecule has 1 aromatic heterocycles. The highest BCUT2D eigenvalue weighted by Crippen LogP contribution is 2.19.